The van der Waals surface area contributed by atoms with Gasteiger partial charge in [0.1, 0.15) is 17.3 Å². The maximum atomic E-state index is 11.8. The maximum Gasteiger partial charge on any atom is 0.373 e. The predicted molar refractivity (Wildman–Crippen MR) is 746 cm³/mol. The third-order valence-electron chi connectivity index (χ3n) is 6.49. The molecular formula is C24H45Cl4I41N3O7S4-. The van der Waals surface area contributed by atoms with E-state index in [2.05, 4.69) is 398 Å². The topological polar surface area (TPSA) is 134 Å². The van der Waals surface area contributed by atoms with Gasteiger partial charge in [0.05, 0.1) is 5.92 Å². The molecule has 2 amide bonds. The molecule has 0 radical (unpaired) electrons. The van der Waals surface area contributed by atoms with Crippen LogP contribution >= 0.6 is 641 Å². The van der Waals surface area contributed by atoms with Gasteiger partial charge in [0.25, 0.3) is 3.79 Å². The molecule has 0 unspecified atom stereocenters. The van der Waals surface area contributed by atoms with Crippen LogP contribution in [0, 0.1) is 17.2 Å². The van der Waals surface area contributed by atoms with Gasteiger partial charge in [-0.05, 0) is 86.3 Å². The summed E-state index contributed by atoms with van der Waals surface area (Å²) in [5.41, 5.74) is -0.890. The van der Waals surface area contributed by atoms with Crippen LogP contribution in [0.1, 0.15) is 74.7 Å². The fourth-order valence-electron chi connectivity index (χ4n) is 3.89. The van der Waals surface area contributed by atoms with Gasteiger partial charge in [0.2, 0.25) is 5.24 Å². The number of rotatable bonds is 20. The number of hydrogen-bond acceptors (Lipinski definition) is 8. The minimum Gasteiger partial charge on any atom is -0.197 e. The van der Waals surface area contributed by atoms with Gasteiger partial charge in [-0.1, -0.05) is 34.8 Å². The quantitative estimate of drug-likeness (QED) is 0.0668. The first-order valence-corrected chi connectivity index (χ1v) is 270. The molecule has 2 heterocycles. The average molecular weight is 5960 g/mol. The average Bonchev–Trinajstić information content (AvgIpc) is 3.98. The number of carbonyl (C=O) groups excluding carboxylic acids is 5. The molecule has 538 valence electrons. The van der Waals surface area contributed by atoms with Gasteiger partial charge >= 0.3 is 573 Å². The number of carbonyl (C=O) groups is 3. The van der Waals surface area contributed by atoms with Crippen LogP contribution in [0.2, 0.25) is 0 Å². The molecule has 0 aromatic heterocycles. The summed E-state index contributed by atoms with van der Waals surface area (Å²) in [5, 5.41) is 7.38. The minimum absolute atomic E-state index is 0. The number of nitriles is 1. The number of ether oxygens (including phenoxy) is 2. The molecule has 0 aromatic carbocycles. The summed E-state index contributed by atoms with van der Waals surface area (Å²) < 4.78 is 8.80. The van der Waals surface area contributed by atoms with Crippen LogP contribution in [0.3, 0.4) is 0 Å². The molecule has 0 aliphatic carbocycles. The molecule has 2 aliphatic heterocycles. The molecule has 10 nitrogen and oxygen atoms in total. The van der Waals surface area contributed by atoms with E-state index in [1.54, 1.807) is 4.90 Å². The summed E-state index contributed by atoms with van der Waals surface area (Å²) in [4.78, 5) is 54.1. The van der Waals surface area contributed by atoms with Crippen LogP contribution in [0.5, 0.6) is 0 Å². The normalized spacial score (nSPS) is 18.7. The van der Waals surface area contributed by atoms with E-state index >= 15 is 0 Å². The summed E-state index contributed by atoms with van der Waals surface area (Å²) in [6.45, 7) is 16.4. The number of halogens is 45. The summed E-state index contributed by atoms with van der Waals surface area (Å²) in [6.07, 6.45) is 2.51. The molecule has 0 spiro atoms. The Morgan fingerprint density at radius 2 is 0.759 bits per heavy atom. The number of amides is 2. The van der Waals surface area contributed by atoms with Crippen molar-refractivity contribution >= 4 is 665 Å². The molecule has 0 bridgehead atoms. The first-order valence-electron chi connectivity index (χ1n) is 17.5. The molecule has 0 N–H and O–H groups in total. The van der Waals surface area contributed by atoms with Gasteiger partial charge in [0.15, 0.2) is 0 Å². The fraction of sp³-hybridized carbons (Fsp3) is 0.792. The third-order valence-corrected chi connectivity index (χ3v) is 3060. The van der Waals surface area contributed by atoms with Gasteiger partial charge in [-0.3, -0.25) is 4.79 Å². The second-order valence-electron chi connectivity index (χ2n) is 13.6. The molecule has 2 aliphatic rings. The molecule has 0 aromatic rings. The zero-order chi connectivity index (χ0) is 63.2. The summed E-state index contributed by atoms with van der Waals surface area (Å²) in [5.74, 6) is -0.269. The number of likely N-dealkylation sites (tertiary alicyclic amines) is 2. The zero-order valence-corrected chi connectivity index (χ0v) is 136. The van der Waals surface area contributed by atoms with E-state index in [0.717, 1.165) is 19.4 Å². The van der Waals surface area contributed by atoms with Gasteiger partial charge in [0, 0.05) is 25.2 Å². The molecule has 2 fully saturated rings. The van der Waals surface area contributed by atoms with E-state index in [1.807, 2.05) is 53.4 Å². The summed E-state index contributed by atoms with van der Waals surface area (Å²) in [7, 11) is -9.45. The Morgan fingerprint density at radius 1 is 0.506 bits per heavy atom. The first kappa shape index (κ1) is 126. The van der Waals surface area contributed by atoms with E-state index in [-0.39, 0.29) is 103 Å². The molecule has 83 heavy (non-hydrogen) atoms. The van der Waals surface area contributed by atoms with Crippen LogP contribution in [-0.4, -0.2) is 73.5 Å². The van der Waals surface area contributed by atoms with Crippen molar-refractivity contribution in [3.63, 3.8) is 0 Å². The van der Waals surface area contributed by atoms with Crippen LogP contribution in [0.15, 0.2) is 0 Å². The Labute approximate surface area is 817 Å². The van der Waals surface area contributed by atoms with Crippen molar-refractivity contribution in [1.29, 1.82) is 5.26 Å². The van der Waals surface area contributed by atoms with E-state index in [1.165, 1.54) is 6.07 Å². The van der Waals surface area contributed by atoms with E-state index in [9.17, 15) is 14.4 Å². The molecule has 59 heteroatoms. The smallest absolute Gasteiger partial charge is 0.197 e. The number of nitrogens with zero attached hydrogens (tertiary/aromatic N) is 3. The summed E-state index contributed by atoms with van der Waals surface area (Å²) >= 11 is 88.6. The van der Waals surface area contributed by atoms with Crippen LogP contribution in [-0.2, 0) is 23.9 Å². The largest absolute Gasteiger partial charge is 0.373 e. The Kier molecular flexibility index (Phi) is 108. The Bertz CT molecular complexity index is 1890. The zero-order valence-electron chi connectivity index (χ0n) is 40.5. The van der Waals surface area contributed by atoms with E-state index < -0.39 is 151 Å². The second-order valence-corrected chi connectivity index (χ2v) is 958. The monoisotopic (exact) mass is 5960 g/mol. The van der Waals surface area contributed by atoms with Crippen molar-refractivity contribution in [3.05, 3.63) is 0 Å². The standard InChI is InChI=1S/C11H18ClNO3.C10H19NO2.C2Cl3N.CO2.I41.4H2S/c1-7-8(9(12)14)5-6-13(7)10(15)16-11(2,3)4;1-8-6-5-7-11(8)9(12)13-10(2,3)4;3-2(4,5)1-6;2-1-3;1-22-24(4)26(6)28(8)30(10)32(12)34(14)36(16)38(18)40(20)41(21)39(19)37(17)35(15)33(13)31(11)29(9)27(7)25(5)23(2)3;;;;/h7-8H,5-6H2,1-4H3;8H,5-7H2,1-4H3;;;;4*1H2/q;;;;-1;;;;/t7-,8-;8-;;;;;;;/m00......./s1. The Balaban J connectivity index is -0.000000223. The number of hydrogen-bond donors (Lipinski definition) is 0. The van der Waals surface area contributed by atoms with Crippen LogP contribution in [0.4, 0.5) is 9.59 Å². The second kappa shape index (κ2) is 71.0. The van der Waals surface area contributed by atoms with Crippen molar-refractivity contribution in [1.82, 2.24) is 9.80 Å². The van der Waals surface area contributed by atoms with Gasteiger partial charge in [-0.15, -0.1) is 0 Å². The Hall–Kier alpha value is 29.6. The molecule has 0 saturated carbocycles. The predicted octanol–water partition coefficient (Wildman–Crippen LogP) is 39.0. The maximum absolute atomic E-state index is 11.8. The fourth-order valence-corrected chi connectivity index (χ4v) is 7340. The van der Waals surface area contributed by atoms with Gasteiger partial charge < -0.3 is 19.3 Å². The van der Waals surface area contributed by atoms with Crippen molar-refractivity contribution < 1.29 is 46.7 Å². The van der Waals surface area contributed by atoms with Crippen LogP contribution in [0.25, 0.3) is 0 Å². The van der Waals surface area contributed by atoms with Crippen molar-refractivity contribution in [3.8, 4) is 6.07 Å². The third kappa shape index (κ3) is 58.3. The van der Waals surface area contributed by atoms with Crippen LogP contribution < -0.4 is 13.3 Å². The van der Waals surface area contributed by atoms with Crippen molar-refractivity contribution in [2.45, 2.75) is 102 Å². The minimum atomic E-state index is -1.74. The molecule has 2 saturated heterocycles. The van der Waals surface area contributed by atoms with Crippen molar-refractivity contribution in [2.75, 3.05) is 13.1 Å². The Morgan fingerprint density at radius 3 is 0.952 bits per heavy atom. The molecule has 2 rings (SSSR count). The summed E-state index contributed by atoms with van der Waals surface area (Å²) in [6, 6.07) is 1.56. The SMILES string of the molecule is C[C@H]1CCCN1C(=O)OC(C)(C)C.C[C@H]1[C@@H](C(=O)Cl)CCN1C(=O)OC(C)(C)C.I[I-]I(I)I(I)I(I)I(I)I(I)I(I)I(I)I(I)I(I)I(I)I(I)I(I)I(I)I(I)I(I)I(I)I(I)I(I)I(I)I.N#CC(Cl)(Cl)Cl.O=C=O.S.S.S.S. The molecular weight excluding hydrogens is 5920 g/mol. The van der Waals surface area contributed by atoms with Crippen molar-refractivity contribution in [2.24, 2.45) is 5.92 Å². The van der Waals surface area contributed by atoms with Gasteiger partial charge in [-0.2, -0.15) is 68.8 Å². The molecule has 3 atom stereocenters. The van der Waals surface area contributed by atoms with E-state index in [0.29, 0.717) is 32.3 Å². The van der Waals surface area contributed by atoms with Gasteiger partial charge in [-0.25, -0.2) is 9.59 Å². The number of alkyl halides is 3. The van der Waals surface area contributed by atoms with E-state index in [4.69, 9.17) is 70.7 Å². The first-order chi connectivity index (χ1) is 35.8.